The number of nitrogens with one attached hydrogen (secondary N) is 2. The van der Waals surface area contributed by atoms with Crippen molar-refractivity contribution in [3.63, 3.8) is 0 Å². The lowest BCUT2D eigenvalue weighted by molar-refractivity contribution is -0.121. The van der Waals surface area contributed by atoms with Crippen LogP contribution in [0.5, 0.6) is 0 Å². The standard InChI is InChI=1S/C15H20Cl2N2O/c1-2-12(10-5-7-18-8-6-10)15(20)19-11-3-4-13(16)14(17)9-11/h3-4,9-10,12,18H,2,5-8H2,1H3,(H,19,20). The Hall–Kier alpha value is -0.770. The molecule has 110 valence electrons. The lowest BCUT2D eigenvalue weighted by Gasteiger charge is -2.29. The van der Waals surface area contributed by atoms with Gasteiger partial charge in [0.25, 0.3) is 0 Å². The average Bonchev–Trinajstić information content (AvgIpc) is 2.45. The van der Waals surface area contributed by atoms with Gasteiger partial charge in [0.05, 0.1) is 10.0 Å². The summed E-state index contributed by atoms with van der Waals surface area (Å²) in [5.74, 6) is 0.605. The summed E-state index contributed by atoms with van der Waals surface area (Å²) in [6.07, 6.45) is 2.98. The van der Waals surface area contributed by atoms with Crippen LogP contribution in [0.4, 0.5) is 5.69 Å². The number of rotatable bonds is 4. The van der Waals surface area contributed by atoms with Crippen molar-refractivity contribution >= 4 is 34.8 Å². The molecule has 0 radical (unpaired) electrons. The van der Waals surface area contributed by atoms with Crippen molar-refractivity contribution in [3.05, 3.63) is 28.2 Å². The molecule has 5 heteroatoms. The van der Waals surface area contributed by atoms with Gasteiger partial charge in [-0.15, -0.1) is 0 Å². The van der Waals surface area contributed by atoms with Gasteiger partial charge in [-0.2, -0.15) is 0 Å². The van der Waals surface area contributed by atoms with E-state index in [0.29, 0.717) is 21.7 Å². The van der Waals surface area contributed by atoms with Crippen molar-refractivity contribution in [1.82, 2.24) is 5.32 Å². The molecule has 1 aliphatic heterocycles. The van der Waals surface area contributed by atoms with Crippen molar-refractivity contribution in [2.75, 3.05) is 18.4 Å². The number of halogens is 2. The van der Waals surface area contributed by atoms with Crippen LogP contribution in [0.2, 0.25) is 10.0 Å². The van der Waals surface area contributed by atoms with Crippen LogP contribution in [0.3, 0.4) is 0 Å². The number of amides is 1. The number of anilines is 1. The summed E-state index contributed by atoms with van der Waals surface area (Å²) < 4.78 is 0. The molecule has 1 fully saturated rings. The number of carbonyl (C=O) groups is 1. The zero-order valence-corrected chi connectivity index (χ0v) is 13.1. The fourth-order valence-corrected chi connectivity index (χ4v) is 3.09. The van der Waals surface area contributed by atoms with Crippen LogP contribution in [0, 0.1) is 11.8 Å². The smallest absolute Gasteiger partial charge is 0.227 e. The zero-order valence-electron chi connectivity index (χ0n) is 11.6. The van der Waals surface area contributed by atoms with E-state index in [2.05, 4.69) is 17.6 Å². The lowest BCUT2D eigenvalue weighted by atomic mass is 9.82. The van der Waals surface area contributed by atoms with E-state index >= 15 is 0 Å². The molecule has 2 rings (SSSR count). The Bertz CT molecular complexity index is 473. The van der Waals surface area contributed by atoms with Crippen LogP contribution < -0.4 is 10.6 Å². The van der Waals surface area contributed by atoms with E-state index in [1.807, 2.05) is 0 Å². The van der Waals surface area contributed by atoms with E-state index in [1.165, 1.54) is 0 Å². The lowest BCUT2D eigenvalue weighted by Crippen LogP contribution is -2.36. The molecular formula is C15H20Cl2N2O. The molecular weight excluding hydrogens is 295 g/mol. The van der Waals surface area contributed by atoms with Crippen molar-refractivity contribution in [3.8, 4) is 0 Å². The Morgan fingerprint density at radius 2 is 2.05 bits per heavy atom. The van der Waals surface area contributed by atoms with Crippen molar-refractivity contribution in [1.29, 1.82) is 0 Å². The molecule has 1 aliphatic rings. The highest BCUT2D eigenvalue weighted by Crippen LogP contribution is 2.28. The molecule has 1 saturated heterocycles. The highest BCUT2D eigenvalue weighted by Gasteiger charge is 2.27. The highest BCUT2D eigenvalue weighted by molar-refractivity contribution is 6.42. The number of carbonyl (C=O) groups excluding carboxylic acids is 1. The summed E-state index contributed by atoms with van der Waals surface area (Å²) in [5, 5.41) is 7.24. The Labute approximate surface area is 130 Å². The molecule has 20 heavy (non-hydrogen) atoms. The number of piperidine rings is 1. The zero-order chi connectivity index (χ0) is 14.5. The number of hydrogen-bond donors (Lipinski definition) is 2. The maximum absolute atomic E-state index is 12.4. The Morgan fingerprint density at radius 3 is 2.65 bits per heavy atom. The van der Waals surface area contributed by atoms with Gasteiger partial charge in [-0.05, 0) is 56.5 Å². The maximum Gasteiger partial charge on any atom is 0.227 e. The van der Waals surface area contributed by atoms with Gasteiger partial charge >= 0.3 is 0 Å². The normalized spacial score (nSPS) is 17.8. The van der Waals surface area contributed by atoms with Crippen LogP contribution in [-0.2, 0) is 4.79 Å². The SMILES string of the molecule is CCC(C(=O)Nc1ccc(Cl)c(Cl)c1)C1CCNCC1. The fraction of sp³-hybridized carbons (Fsp3) is 0.533. The van der Waals surface area contributed by atoms with Crippen LogP contribution in [0.1, 0.15) is 26.2 Å². The van der Waals surface area contributed by atoms with E-state index < -0.39 is 0 Å². The summed E-state index contributed by atoms with van der Waals surface area (Å²) >= 11 is 11.8. The molecule has 2 N–H and O–H groups in total. The van der Waals surface area contributed by atoms with Gasteiger partial charge in [0.1, 0.15) is 0 Å². The number of hydrogen-bond acceptors (Lipinski definition) is 2. The van der Waals surface area contributed by atoms with Gasteiger partial charge in [-0.3, -0.25) is 4.79 Å². The van der Waals surface area contributed by atoms with Gasteiger partial charge in [0, 0.05) is 11.6 Å². The molecule has 0 aliphatic carbocycles. The first-order chi connectivity index (χ1) is 9.61. The summed E-state index contributed by atoms with van der Waals surface area (Å²) in [5.41, 5.74) is 0.705. The summed E-state index contributed by atoms with van der Waals surface area (Å²) in [7, 11) is 0. The van der Waals surface area contributed by atoms with Gasteiger partial charge in [0.15, 0.2) is 0 Å². The first-order valence-electron chi connectivity index (χ1n) is 7.08. The third kappa shape index (κ3) is 3.87. The van der Waals surface area contributed by atoms with E-state index in [-0.39, 0.29) is 11.8 Å². The molecule has 3 nitrogen and oxygen atoms in total. The minimum absolute atomic E-state index is 0.0616. The van der Waals surface area contributed by atoms with Gasteiger partial charge in [-0.1, -0.05) is 30.1 Å². The van der Waals surface area contributed by atoms with Crippen molar-refractivity contribution in [2.45, 2.75) is 26.2 Å². The molecule has 0 spiro atoms. The molecule has 1 amide bonds. The predicted octanol–water partition coefficient (Wildman–Crippen LogP) is 3.96. The molecule has 1 atom stereocenters. The van der Waals surface area contributed by atoms with Crippen molar-refractivity contribution in [2.24, 2.45) is 11.8 Å². The molecule has 0 bridgehead atoms. The second-order valence-corrected chi connectivity index (χ2v) is 6.03. The molecule has 1 aromatic carbocycles. The van der Waals surface area contributed by atoms with E-state index in [9.17, 15) is 4.79 Å². The molecule has 1 unspecified atom stereocenters. The maximum atomic E-state index is 12.4. The van der Waals surface area contributed by atoms with Crippen molar-refractivity contribution < 1.29 is 4.79 Å². The minimum Gasteiger partial charge on any atom is -0.326 e. The van der Waals surface area contributed by atoms with Gasteiger partial charge in [0.2, 0.25) is 5.91 Å². The number of benzene rings is 1. The quantitative estimate of drug-likeness (QED) is 0.883. The second-order valence-electron chi connectivity index (χ2n) is 5.22. The van der Waals surface area contributed by atoms with E-state index in [4.69, 9.17) is 23.2 Å². The fourth-order valence-electron chi connectivity index (χ4n) is 2.79. The third-order valence-electron chi connectivity index (χ3n) is 3.92. The summed E-state index contributed by atoms with van der Waals surface area (Å²) in [6, 6.07) is 5.17. The Kier molecular flexibility index (Phi) is 5.70. The van der Waals surface area contributed by atoms with Crippen LogP contribution in [0.25, 0.3) is 0 Å². The molecule has 0 aromatic heterocycles. The summed E-state index contributed by atoms with van der Waals surface area (Å²) in [6.45, 7) is 4.07. The first kappa shape index (κ1) is 15.6. The third-order valence-corrected chi connectivity index (χ3v) is 4.66. The Morgan fingerprint density at radius 1 is 1.35 bits per heavy atom. The van der Waals surface area contributed by atoms with Gasteiger partial charge < -0.3 is 10.6 Å². The topological polar surface area (TPSA) is 41.1 Å². The minimum atomic E-state index is 0.0616. The highest BCUT2D eigenvalue weighted by atomic mass is 35.5. The van der Waals surface area contributed by atoms with Crippen LogP contribution >= 0.6 is 23.2 Å². The van der Waals surface area contributed by atoms with Gasteiger partial charge in [-0.25, -0.2) is 0 Å². The van der Waals surface area contributed by atoms with E-state index in [1.54, 1.807) is 18.2 Å². The predicted molar refractivity (Wildman–Crippen MR) is 84.5 cm³/mol. The summed E-state index contributed by atoms with van der Waals surface area (Å²) in [4.78, 5) is 12.4. The monoisotopic (exact) mass is 314 g/mol. The largest absolute Gasteiger partial charge is 0.326 e. The van der Waals surface area contributed by atoms with E-state index in [0.717, 1.165) is 32.4 Å². The second kappa shape index (κ2) is 7.30. The Balaban J connectivity index is 2.02. The molecule has 1 aromatic rings. The molecule has 0 saturated carbocycles. The molecule has 1 heterocycles. The average molecular weight is 315 g/mol. The van der Waals surface area contributed by atoms with Crippen LogP contribution in [-0.4, -0.2) is 19.0 Å². The first-order valence-corrected chi connectivity index (χ1v) is 7.84. The van der Waals surface area contributed by atoms with Crippen LogP contribution in [0.15, 0.2) is 18.2 Å².